The predicted octanol–water partition coefficient (Wildman–Crippen LogP) is 3.44. The number of piperidine rings is 1. The number of amides is 1. The second-order valence-electron chi connectivity index (χ2n) is 5.89. The molecule has 0 radical (unpaired) electrons. The number of carbonyl (C=O) groups is 1. The van der Waals surface area contributed by atoms with Crippen molar-refractivity contribution in [2.24, 2.45) is 5.92 Å². The summed E-state index contributed by atoms with van der Waals surface area (Å²) < 4.78 is 0.838. The number of hydrogen-bond donors (Lipinski definition) is 3. The van der Waals surface area contributed by atoms with Gasteiger partial charge in [0.1, 0.15) is 5.75 Å². The van der Waals surface area contributed by atoms with Gasteiger partial charge in [0.15, 0.2) is 0 Å². The van der Waals surface area contributed by atoms with Crippen LogP contribution in [-0.2, 0) is 4.79 Å². The molecule has 2 saturated heterocycles. The van der Waals surface area contributed by atoms with E-state index in [9.17, 15) is 9.90 Å². The van der Waals surface area contributed by atoms with Crippen LogP contribution in [0.15, 0.2) is 22.7 Å². The first-order chi connectivity index (χ1) is 9.60. The molecular weight excluding hydrogens is 356 g/mol. The molecule has 1 aromatic carbocycles. The minimum Gasteiger partial charge on any atom is -0.506 e. The highest BCUT2D eigenvalue weighted by Crippen LogP contribution is 2.33. The van der Waals surface area contributed by atoms with E-state index in [1.165, 1.54) is 12.8 Å². The first-order valence-corrected chi connectivity index (χ1v) is 7.94. The normalized spacial score (nSPS) is 27.0. The molecule has 4 nitrogen and oxygen atoms in total. The summed E-state index contributed by atoms with van der Waals surface area (Å²) in [5, 5.41) is 16.1. The Hall–Kier alpha value is -0.780. The van der Waals surface area contributed by atoms with Crippen molar-refractivity contribution in [1.82, 2.24) is 5.32 Å². The van der Waals surface area contributed by atoms with Crippen molar-refractivity contribution < 1.29 is 9.90 Å². The van der Waals surface area contributed by atoms with E-state index in [0.717, 1.165) is 17.3 Å². The van der Waals surface area contributed by atoms with Crippen LogP contribution in [0.3, 0.4) is 0 Å². The summed E-state index contributed by atoms with van der Waals surface area (Å²) in [6.45, 7) is 0. The summed E-state index contributed by atoms with van der Waals surface area (Å²) in [5.41, 5.74) is 0.473. The zero-order chi connectivity index (χ0) is 14.1. The van der Waals surface area contributed by atoms with Crippen LogP contribution in [0, 0.1) is 5.92 Å². The molecule has 0 saturated carbocycles. The van der Waals surface area contributed by atoms with Crippen LogP contribution >= 0.6 is 28.3 Å². The highest BCUT2D eigenvalue weighted by molar-refractivity contribution is 9.10. The van der Waals surface area contributed by atoms with Crippen molar-refractivity contribution in [1.29, 1.82) is 0 Å². The highest BCUT2D eigenvalue weighted by Gasteiger charge is 2.34. The maximum absolute atomic E-state index is 12.1. The predicted molar refractivity (Wildman–Crippen MR) is 89.0 cm³/mol. The van der Waals surface area contributed by atoms with E-state index in [-0.39, 0.29) is 24.1 Å². The number of hydrogen-bond acceptors (Lipinski definition) is 3. The molecule has 3 N–H and O–H groups in total. The van der Waals surface area contributed by atoms with Crippen molar-refractivity contribution in [3.8, 4) is 5.75 Å². The van der Waals surface area contributed by atoms with Crippen LogP contribution in [0.4, 0.5) is 5.69 Å². The number of rotatable bonds is 3. The molecule has 116 valence electrons. The second kappa shape index (κ2) is 6.99. The molecule has 2 atom stereocenters. The fraction of sp³-hybridized carbons (Fsp3) is 0.533. The van der Waals surface area contributed by atoms with Crippen LogP contribution in [0.5, 0.6) is 5.75 Å². The topological polar surface area (TPSA) is 61.4 Å². The van der Waals surface area contributed by atoms with Gasteiger partial charge in [0, 0.05) is 23.0 Å². The van der Waals surface area contributed by atoms with E-state index < -0.39 is 0 Å². The summed E-state index contributed by atoms with van der Waals surface area (Å²) >= 11 is 3.34. The number of carbonyl (C=O) groups excluding carboxylic acids is 1. The Morgan fingerprint density at radius 2 is 2.00 bits per heavy atom. The molecule has 3 rings (SSSR count). The van der Waals surface area contributed by atoms with Gasteiger partial charge < -0.3 is 15.7 Å². The number of benzene rings is 1. The molecule has 0 aliphatic carbocycles. The number of phenolic OH excluding ortho intramolecular Hbond substituents is 1. The van der Waals surface area contributed by atoms with Gasteiger partial charge in [-0.1, -0.05) is 15.9 Å². The summed E-state index contributed by atoms with van der Waals surface area (Å²) in [6, 6.07) is 6.25. The van der Waals surface area contributed by atoms with E-state index in [2.05, 4.69) is 26.6 Å². The van der Waals surface area contributed by atoms with Gasteiger partial charge in [-0.15, -0.1) is 12.4 Å². The number of anilines is 1. The van der Waals surface area contributed by atoms with Gasteiger partial charge in [0.25, 0.3) is 0 Å². The van der Waals surface area contributed by atoms with Crippen LogP contribution in [0.25, 0.3) is 0 Å². The smallest absolute Gasteiger partial charge is 0.224 e. The third-order valence-electron chi connectivity index (χ3n) is 4.28. The van der Waals surface area contributed by atoms with E-state index in [4.69, 9.17) is 0 Å². The van der Waals surface area contributed by atoms with Crippen molar-refractivity contribution in [3.05, 3.63) is 22.7 Å². The summed E-state index contributed by atoms with van der Waals surface area (Å²) in [4.78, 5) is 12.1. The number of aromatic hydroxyl groups is 1. The van der Waals surface area contributed by atoms with Gasteiger partial charge in [-0.05, 0) is 49.8 Å². The SMILES string of the molecule is Cl.O=C(CC1CC2CCC(C1)N2)Nc1cc(Br)ccc1O. The molecule has 2 heterocycles. The quantitative estimate of drug-likeness (QED) is 0.709. The number of halogens is 2. The van der Waals surface area contributed by atoms with Crippen molar-refractivity contribution >= 4 is 39.9 Å². The molecule has 2 unspecified atom stereocenters. The molecule has 0 aromatic heterocycles. The fourth-order valence-corrected chi connectivity index (χ4v) is 3.77. The van der Waals surface area contributed by atoms with Crippen LogP contribution < -0.4 is 10.6 Å². The Labute approximate surface area is 139 Å². The summed E-state index contributed by atoms with van der Waals surface area (Å²) in [5.74, 6) is 0.555. The van der Waals surface area contributed by atoms with E-state index >= 15 is 0 Å². The van der Waals surface area contributed by atoms with Gasteiger partial charge >= 0.3 is 0 Å². The Balaban J connectivity index is 0.00000161. The lowest BCUT2D eigenvalue weighted by Gasteiger charge is -2.28. The van der Waals surface area contributed by atoms with Gasteiger partial charge in [-0.25, -0.2) is 0 Å². The molecule has 0 spiro atoms. The summed E-state index contributed by atoms with van der Waals surface area (Å²) in [7, 11) is 0. The lowest BCUT2D eigenvalue weighted by atomic mass is 9.89. The number of fused-ring (bicyclic) bond motifs is 2. The highest BCUT2D eigenvalue weighted by atomic mass is 79.9. The molecule has 2 aliphatic rings. The minimum absolute atomic E-state index is 0. The fourth-order valence-electron chi connectivity index (χ4n) is 3.41. The Morgan fingerprint density at radius 3 is 2.67 bits per heavy atom. The molecule has 2 fully saturated rings. The third kappa shape index (κ3) is 4.11. The molecule has 1 amide bonds. The number of phenols is 1. The van der Waals surface area contributed by atoms with E-state index in [1.54, 1.807) is 18.2 Å². The van der Waals surface area contributed by atoms with Gasteiger partial charge in [0.05, 0.1) is 5.69 Å². The standard InChI is InChI=1S/C15H19BrN2O2.ClH/c16-10-1-4-14(19)13(8-10)18-15(20)7-9-5-11-2-3-12(6-9)17-11;/h1,4,8-9,11-12,17,19H,2-3,5-7H2,(H,18,20);1H. The van der Waals surface area contributed by atoms with Crippen LogP contribution in [0.1, 0.15) is 32.1 Å². The molecule has 2 aliphatic heterocycles. The van der Waals surface area contributed by atoms with Gasteiger partial charge in [-0.3, -0.25) is 4.79 Å². The minimum atomic E-state index is -0.00954. The largest absolute Gasteiger partial charge is 0.506 e. The van der Waals surface area contributed by atoms with Gasteiger partial charge in [-0.2, -0.15) is 0 Å². The lowest BCUT2D eigenvalue weighted by Crippen LogP contribution is -2.39. The maximum atomic E-state index is 12.1. The first-order valence-electron chi connectivity index (χ1n) is 7.14. The second-order valence-corrected chi connectivity index (χ2v) is 6.80. The average molecular weight is 376 g/mol. The maximum Gasteiger partial charge on any atom is 0.224 e. The van der Waals surface area contributed by atoms with Crippen molar-refractivity contribution in [3.63, 3.8) is 0 Å². The van der Waals surface area contributed by atoms with Crippen molar-refractivity contribution in [2.45, 2.75) is 44.2 Å². The monoisotopic (exact) mass is 374 g/mol. The Morgan fingerprint density at radius 1 is 1.33 bits per heavy atom. The van der Waals surface area contributed by atoms with E-state index in [0.29, 0.717) is 30.1 Å². The third-order valence-corrected chi connectivity index (χ3v) is 4.77. The zero-order valence-electron chi connectivity index (χ0n) is 11.6. The van der Waals surface area contributed by atoms with Gasteiger partial charge in [0.2, 0.25) is 5.91 Å². The van der Waals surface area contributed by atoms with Crippen molar-refractivity contribution in [2.75, 3.05) is 5.32 Å². The summed E-state index contributed by atoms with van der Waals surface area (Å²) in [6.07, 6.45) is 5.22. The molecule has 6 heteroatoms. The Bertz CT molecular complexity index is 514. The molecule has 2 bridgehead atoms. The number of nitrogens with one attached hydrogen (secondary N) is 2. The van der Waals surface area contributed by atoms with E-state index in [1.807, 2.05) is 0 Å². The van der Waals surface area contributed by atoms with Crippen LogP contribution in [0.2, 0.25) is 0 Å². The molecule has 21 heavy (non-hydrogen) atoms. The molecular formula is C15H20BrClN2O2. The average Bonchev–Trinajstić information content (AvgIpc) is 2.73. The molecule has 1 aromatic rings. The Kier molecular flexibility index (Phi) is 5.52. The lowest BCUT2D eigenvalue weighted by molar-refractivity contribution is -0.117. The first kappa shape index (κ1) is 16.6. The van der Waals surface area contributed by atoms with Crippen LogP contribution in [-0.4, -0.2) is 23.1 Å². The zero-order valence-corrected chi connectivity index (χ0v) is 14.0.